The van der Waals surface area contributed by atoms with Crippen molar-refractivity contribution in [1.82, 2.24) is 9.62 Å². The lowest BCUT2D eigenvalue weighted by atomic mass is 9.98. The van der Waals surface area contributed by atoms with Gasteiger partial charge in [-0.2, -0.15) is 0 Å². The third-order valence-electron chi connectivity index (χ3n) is 5.15. The molecule has 0 amide bonds. The van der Waals surface area contributed by atoms with Gasteiger partial charge in [0.2, 0.25) is 10.0 Å². The second kappa shape index (κ2) is 9.32. The van der Waals surface area contributed by atoms with E-state index < -0.39 is 16.0 Å². The highest BCUT2D eigenvalue weighted by molar-refractivity contribution is 7.89. The summed E-state index contributed by atoms with van der Waals surface area (Å²) in [7, 11) is -3.86. The van der Waals surface area contributed by atoms with E-state index in [1.54, 1.807) is 0 Å². The van der Waals surface area contributed by atoms with Crippen LogP contribution in [0.25, 0.3) is 0 Å². The number of carbonyl (C=O) groups is 1. The van der Waals surface area contributed by atoms with Gasteiger partial charge >= 0.3 is 5.97 Å². The number of benzene rings is 2. The van der Waals surface area contributed by atoms with Crippen LogP contribution >= 0.6 is 0 Å². The van der Waals surface area contributed by atoms with E-state index in [1.807, 2.05) is 18.2 Å². The molecule has 3 rings (SSSR count). The molecule has 1 heterocycles. The molecule has 6 nitrogen and oxygen atoms in total. The van der Waals surface area contributed by atoms with Crippen molar-refractivity contribution in [2.24, 2.45) is 0 Å². The molecule has 150 valence electrons. The van der Waals surface area contributed by atoms with Crippen molar-refractivity contribution in [2.75, 3.05) is 13.1 Å². The summed E-state index contributed by atoms with van der Waals surface area (Å²) in [6.07, 6.45) is 4.03. The first-order chi connectivity index (χ1) is 13.5. The van der Waals surface area contributed by atoms with Crippen LogP contribution in [-0.2, 0) is 16.6 Å². The van der Waals surface area contributed by atoms with Gasteiger partial charge < -0.3 is 5.11 Å². The smallest absolute Gasteiger partial charge is 0.337 e. The molecule has 7 heteroatoms. The Morgan fingerprint density at radius 3 is 2.54 bits per heavy atom. The summed E-state index contributed by atoms with van der Waals surface area (Å²) in [6, 6.07) is 16.3. The van der Waals surface area contributed by atoms with Crippen LogP contribution in [0, 0.1) is 0 Å². The number of carboxylic acid groups (broad SMARTS) is 1. The van der Waals surface area contributed by atoms with Crippen LogP contribution in [-0.4, -0.2) is 43.5 Å². The largest absolute Gasteiger partial charge is 0.478 e. The molecule has 1 atom stereocenters. The van der Waals surface area contributed by atoms with Crippen molar-refractivity contribution in [3.05, 3.63) is 65.7 Å². The maximum absolute atomic E-state index is 12.6. The zero-order valence-corrected chi connectivity index (χ0v) is 16.6. The average molecular weight is 403 g/mol. The summed E-state index contributed by atoms with van der Waals surface area (Å²) in [5.74, 6) is -1.25. The van der Waals surface area contributed by atoms with Crippen molar-refractivity contribution < 1.29 is 18.3 Å². The number of nitrogens with one attached hydrogen (secondary N) is 1. The molecular weight excluding hydrogens is 376 g/mol. The number of hydrogen-bond donors (Lipinski definition) is 2. The number of sulfonamides is 1. The minimum absolute atomic E-state index is 0.188. The Morgan fingerprint density at radius 2 is 1.79 bits per heavy atom. The lowest BCUT2D eigenvalue weighted by Gasteiger charge is -2.36. The maximum Gasteiger partial charge on any atom is 0.337 e. The molecule has 2 aromatic rings. The van der Waals surface area contributed by atoms with Gasteiger partial charge in [0.25, 0.3) is 0 Å². The second-order valence-corrected chi connectivity index (χ2v) is 8.83. The highest BCUT2D eigenvalue weighted by Crippen LogP contribution is 2.22. The third-order valence-corrected chi connectivity index (χ3v) is 6.67. The maximum atomic E-state index is 12.6. The number of hydrogen-bond acceptors (Lipinski definition) is 4. The molecular formula is C21H26N2O4S. The molecule has 1 unspecified atom stereocenters. The van der Waals surface area contributed by atoms with E-state index in [0.717, 1.165) is 32.4 Å². The van der Waals surface area contributed by atoms with Gasteiger partial charge in [-0.1, -0.05) is 48.9 Å². The number of carboxylic acids is 1. The number of likely N-dealkylation sites (tertiary alicyclic amines) is 1. The Hall–Kier alpha value is -2.22. The first kappa shape index (κ1) is 20.5. The summed E-state index contributed by atoms with van der Waals surface area (Å²) in [6.45, 7) is 2.15. The fraction of sp³-hybridized carbons (Fsp3) is 0.381. The third kappa shape index (κ3) is 5.19. The predicted octanol–water partition coefficient (Wildman–Crippen LogP) is 3.11. The fourth-order valence-corrected chi connectivity index (χ4v) is 4.97. The summed E-state index contributed by atoms with van der Waals surface area (Å²) in [5, 5.41) is 9.23. The molecule has 0 aliphatic carbocycles. The van der Waals surface area contributed by atoms with Crippen molar-refractivity contribution >= 4 is 16.0 Å². The fourth-order valence-electron chi connectivity index (χ4n) is 3.73. The Kier molecular flexibility index (Phi) is 6.83. The first-order valence-corrected chi connectivity index (χ1v) is 11.1. The summed E-state index contributed by atoms with van der Waals surface area (Å²) < 4.78 is 27.8. The average Bonchev–Trinajstić information content (AvgIpc) is 2.70. The van der Waals surface area contributed by atoms with Gasteiger partial charge in [0, 0.05) is 19.1 Å². The van der Waals surface area contributed by atoms with Crippen molar-refractivity contribution in [2.45, 2.75) is 43.2 Å². The van der Waals surface area contributed by atoms with Gasteiger partial charge in [-0.25, -0.2) is 17.9 Å². The van der Waals surface area contributed by atoms with Gasteiger partial charge in [-0.05, 0) is 43.5 Å². The van der Waals surface area contributed by atoms with E-state index in [-0.39, 0.29) is 17.0 Å². The van der Waals surface area contributed by atoms with Crippen molar-refractivity contribution in [3.8, 4) is 0 Å². The minimum Gasteiger partial charge on any atom is -0.478 e. The zero-order chi connectivity index (χ0) is 20.0. The summed E-state index contributed by atoms with van der Waals surface area (Å²) >= 11 is 0. The quantitative estimate of drug-likeness (QED) is 0.709. The Balaban J connectivity index is 1.62. The topological polar surface area (TPSA) is 86.7 Å². The molecule has 2 N–H and O–H groups in total. The van der Waals surface area contributed by atoms with Crippen LogP contribution in [0.3, 0.4) is 0 Å². The molecule has 1 saturated heterocycles. The van der Waals surface area contributed by atoms with Gasteiger partial charge in [0.15, 0.2) is 0 Å². The van der Waals surface area contributed by atoms with Crippen LogP contribution in [0.5, 0.6) is 0 Å². The van der Waals surface area contributed by atoms with Crippen molar-refractivity contribution in [1.29, 1.82) is 0 Å². The van der Waals surface area contributed by atoms with E-state index >= 15 is 0 Å². The lowest BCUT2D eigenvalue weighted by Crippen LogP contribution is -2.41. The Bertz CT molecular complexity index is 900. The van der Waals surface area contributed by atoms with E-state index in [4.69, 9.17) is 0 Å². The standard InChI is InChI=1S/C21H26N2O4S/c24-21(25)19-11-4-5-12-20(19)28(26,27)22-14-13-18-10-6-7-15-23(18)16-17-8-2-1-3-9-17/h1-5,8-9,11-12,18,22H,6-7,10,13-16H2,(H,24,25). The van der Waals surface area contributed by atoms with Gasteiger partial charge in [-0.15, -0.1) is 0 Å². The minimum atomic E-state index is -3.86. The predicted molar refractivity (Wildman–Crippen MR) is 108 cm³/mol. The summed E-state index contributed by atoms with van der Waals surface area (Å²) in [4.78, 5) is 13.5. The zero-order valence-electron chi connectivity index (χ0n) is 15.8. The molecule has 1 aliphatic heterocycles. The Labute approximate surface area is 166 Å². The first-order valence-electron chi connectivity index (χ1n) is 9.57. The number of piperidine rings is 1. The van der Waals surface area contributed by atoms with Gasteiger partial charge in [0.05, 0.1) is 10.5 Å². The van der Waals surface area contributed by atoms with Gasteiger partial charge in [0.1, 0.15) is 0 Å². The van der Waals surface area contributed by atoms with E-state index in [9.17, 15) is 18.3 Å². The van der Waals surface area contributed by atoms with E-state index in [0.29, 0.717) is 12.5 Å². The molecule has 0 bridgehead atoms. The van der Waals surface area contributed by atoms with Crippen LogP contribution < -0.4 is 4.72 Å². The van der Waals surface area contributed by atoms with Crippen LogP contribution in [0.2, 0.25) is 0 Å². The highest BCUT2D eigenvalue weighted by atomic mass is 32.2. The summed E-state index contributed by atoms with van der Waals surface area (Å²) in [5.41, 5.74) is 1.05. The second-order valence-electron chi connectivity index (χ2n) is 7.09. The normalized spacial score (nSPS) is 18.1. The number of nitrogens with zero attached hydrogens (tertiary/aromatic N) is 1. The van der Waals surface area contributed by atoms with Gasteiger partial charge in [-0.3, -0.25) is 4.90 Å². The molecule has 0 saturated carbocycles. The van der Waals surface area contributed by atoms with Crippen molar-refractivity contribution in [3.63, 3.8) is 0 Å². The van der Waals surface area contributed by atoms with Crippen LogP contribution in [0.1, 0.15) is 41.6 Å². The Morgan fingerprint density at radius 1 is 1.07 bits per heavy atom. The van der Waals surface area contributed by atoms with E-state index in [2.05, 4.69) is 21.8 Å². The van der Waals surface area contributed by atoms with E-state index in [1.165, 1.54) is 29.8 Å². The molecule has 0 spiro atoms. The monoisotopic (exact) mass is 402 g/mol. The SMILES string of the molecule is O=C(O)c1ccccc1S(=O)(=O)NCCC1CCCCN1Cc1ccccc1. The molecule has 1 fully saturated rings. The molecule has 1 aliphatic rings. The number of aromatic carboxylic acids is 1. The van der Waals surface area contributed by atoms with Crippen LogP contribution in [0.4, 0.5) is 0 Å². The molecule has 28 heavy (non-hydrogen) atoms. The van der Waals surface area contributed by atoms with Crippen LogP contribution in [0.15, 0.2) is 59.5 Å². The molecule has 0 aromatic heterocycles. The highest BCUT2D eigenvalue weighted by Gasteiger charge is 2.25. The lowest BCUT2D eigenvalue weighted by molar-refractivity contribution is 0.0692. The number of rotatable bonds is 8. The molecule has 0 radical (unpaired) electrons. The molecule has 2 aromatic carbocycles.